The fourth-order valence-electron chi connectivity index (χ4n) is 6.83. The minimum Gasteiger partial charge on any atom is -0.292 e. The van der Waals surface area contributed by atoms with E-state index >= 15 is 0 Å². The lowest BCUT2D eigenvalue weighted by Crippen LogP contribution is -2.02. The van der Waals surface area contributed by atoms with Crippen molar-refractivity contribution in [2.24, 2.45) is 0 Å². The fourth-order valence-corrected chi connectivity index (χ4v) is 8.07. The molecule has 4 heterocycles. The van der Waals surface area contributed by atoms with Gasteiger partial charge < -0.3 is 0 Å². The highest BCUT2D eigenvalue weighted by Gasteiger charge is 2.19. The van der Waals surface area contributed by atoms with E-state index in [1.807, 2.05) is 53.9 Å². The third kappa shape index (κ3) is 4.24. The highest BCUT2D eigenvalue weighted by Crippen LogP contribution is 2.42. The second-order valence-electron chi connectivity index (χ2n) is 11.9. The quantitative estimate of drug-likeness (QED) is 0.194. The Labute approximate surface area is 279 Å². The first-order valence-electron chi connectivity index (χ1n) is 15.9. The number of fused-ring (bicyclic) bond motifs is 8. The average Bonchev–Trinajstić information content (AvgIpc) is 3.71. The molecule has 0 N–H and O–H groups in total. The van der Waals surface area contributed by atoms with Crippen LogP contribution in [0.5, 0.6) is 0 Å². The van der Waals surface area contributed by atoms with E-state index in [0.29, 0.717) is 17.5 Å². The summed E-state index contributed by atoms with van der Waals surface area (Å²) in [5, 5.41) is 7.26. The Morgan fingerprint density at radius 3 is 1.98 bits per heavy atom. The molecule has 0 bridgehead atoms. The third-order valence-electron chi connectivity index (χ3n) is 9.09. The van der Waals surface area contributed by atoms with Crippen LogP contribution in [0.1, 0.15) is 0 Å². The number of thiophene rings is 1. The first kappa shape index (κ1) is 26.9. The van der Waals surface area contributed by atoms with Crippen molar-refractivity contribution in [2.75, 3.05) is 0 Å². The molecule has 0 spiro atoms. The van der Waals surface area contributed by atoms with E-state index in [1.54, 1.807) is 0 Å². The zero-order chi connectivity index (χ0) is 31.6. The Hall–Kier alpha value is -6.24. The van der Waals surface area contributed by atoms with Crippen molar-refractivity contribution in [3.63, 3.8) is 0 Å². The predicted octanol–water partition coefficient (Wildman–Crippen LogP) is 10.9. The van der Waals surface area contributed by atoms with Crippen LogP contribution in [0.3, 0.4) is 0 Å². The topological polar surface area (TPSA) is 56.5 Å². The number of benzene rings is 6. The van der Waals surface area contributed by atoms with Crippen LogP contribution in [0, 0.1) is 0 Å². The van der Waals surface area contributed by atoms with Gasteiger partial charge in [-0.3, -0.25) is 4.57 Å². The molecular weight excluding hydrogens is 607 g/mol. The Morgan fingerprint density at radius 2 is 1.12 bits per heavy atom. The van der Waals surface area contributed by atoms with Crippen molar-refractivity contribution in [2.45, 2.75) is 0 Å². The molecular formula is C42H25N5S. The van der Waals surface area contributed by atoms with Crippen LogP contribution in [-0.4, -0.2) is 24.5 Å². The van der Waals surface area contributed by atoms with Gasteiger partial charge in [0.1, 0.15) is 5.82 Å². The van der Waals surface area contributed by atoms with Crippen molar-refractivity contribution in [1.82, 2.24) is 24.5 Å². The lowest BCUT2D eigenvalue weighted by atomic mass is 10.1. The molecule has 224 valence electrons. The molecule has 0 fully saturated rings. The molecule has 6 aromatic carbocycles. The molecule has 10 rings (SSSR count). The molecule has 6 heteroatoms. The second-order valence-corrected chi connectivity index (χ2v) is 13.0. The molecule has 0 unspecified atom stereocenters. The Morgan fingerprint density at radius 1 is 0.458 bits per heavy atom. The number of pyridine rings is 1. The predicted molar refractivity (Wildman–Crippen MR) is 199 cm³/mol. The summed E-state index contributed by atoms with van der Waals surface area (Å²) < 4.78 is 4.83. The lowest BCUT2D eigenvalue weighted by molar-refractivity contribution is 1.06. The molecule has 0 aliphatic carbocycles. The maximum absolute atomic E-state index is 5.07. The maximum atomic E-state index is 5.07. The van der Waals surface area contributed by atoms with Gasteiger partial charge >= 0.3 is 0 Å². The lowest BCUT2D eigenvalue weighted by Gasteiger charge is -2.11. The second kappa shape index (κ2) is 10.7. The van der Waals surface area contributed by atoms with Crippen LogP contribution in [0.15, 0.2) is 152 Å². The summed E-state index contributed by atoms with van der Waals surface area (Å²) in [6.45, 7) is 0. The minimum atomic E-state index is 0.600. The largest absolute Gasteiger partial charge is 0.292 e. The number of para-hydroxylation sites is 1. The number of nitrogens with zero attached hydrogens (tertiary/aromatic N) is 5. The summed E-state index contributed by atoms with van der Waals surface area (Å²) in [4.78, 5) is 20.0. The summed E-state index contributed by atoms with van der Waals surface area (Å²) in [5.74, 6) is 2.68. The van der Waals surface area contributed by atoms with Crippen LogP contribution in [0.4, 0.5) is 0 Å². The van der Waals surface area contributed by atoms with Crippen LogP contribution >= 0.6 is 11.3 Å². The van der Waals surface area contributed by atoms with E-state index in [2.05, 4.69) is 114 Å². The zero-order valence-corrected chi connectivity index (χ0v) is 26.4. The molecule has 0 radical (unpaired) electrons. The summed E-state index contributed by atoms with van der Waals surface area (Å²) >= 11 is 1.83. The molecule has 0 saturated heterocycles. The fraction of sp³-hybridized carbons (Fsp3) is 0. The van der Waals surface area contributed by atoms with Crippen molar-refractivity contribution in [1.29, 1.82) is 0 Å². The Bertz CT molecular complexity index is 2850. The van der Waals surface area contributed by atoms with Crippen LogP contribution in [0.25, 0.3) is 92.7 Å². The summed E-state index contributed by atoms with van der Waals surface area (Å²) in [7, 11) is 0. The van der Waals surface area contributed by atoms with Gasteiger partial charge in [0.15, 0.2) is 17.5 Å². The van der Waals surface area contributed by atoms with Gasteiger partial charge in [-0.25, -0.2) is 19.9 Å². The van der Waals surface area contributed by atoms with Gasteiger partial charge in [-0.1, -0.05) is 115 Å². The highest BCUT2D eigenvalue weighted by molar-refractivity contribution is 7.26. The highest BCUT2D eigenvalue weighted by atomic mass is 32.1. The first-order valence-corrected chi connectivity index (χ1v) is 16.7. The molecule has 0 atom stereocenters. The molecule has 5 nitrogen and oxygen atoms in total. The van der Waals surface area contributed by atoms with E-state index in [0.717, 1.165) is 38.9 Å². The van der Waals surface area contributed by atoms with Gasteiger partial charge in [-0.15, -0.1) is 11.3 Å². The first-order chi connectivity index (χ1) is 23.8. The molecule has 0 saturated carbocycles. The SMILES string of the molecule is c1ccc(-c2nc(-c3ccnc(-n4c5ccccc5c5ccc6c7ccccc7sc6c54)c3)nc(-c3ccc4ccccc4c3)n2)cc1. The van der Waals surface area contributed by atoms with Gasteiger partial charge in [-0.05, 0) is 41.1 Å². The average molecular weight is 632 g/mol. The summed E-state index contributed by atoms with van der Waals surface area (Å²) in [5.41, 5.74) is 5.03. The number of hydrogen-bond donors (Lipinski definition) is 0. The number of rotatable bonds is 4. The van der Waals surface area contributed by atoms with Gasteiger partial charge in [0, 0.05) is 49.1 Å². The standard InChI is InChI=1S/C42H25N5S/c1-2-11-27(12-3-1)40-44-41(29-19-18-26-10-4-5-13-28(26)24-29)46-42(45-40)30-22-23-43-37(25-30)47-35-16-8-6-14-31(35)33-20-21-34-32-15-7-9-17-36(32)48-39(34)38(33)47/h1-25H. The van der Waals surface area contributed by atoms with E-state index in [1.165, 1.54) is 36.3 Å². The van der Waals surface area contributed by atoms with Crippen molar-refractivity contribution < 1.29 is 0 Å². The Balaban J connectivity index is 1.21. The van der Waals surface area contributed by atoms with E-state index in [9.17, 15) is 0 Å². The molecule has 10 aromatic rings. The molecule has 0 aliphatic heterocycles. The van der Waals surface area contributed by atoms with Gasteiger partial charge in [0.25, 0.3) is 0 Å². The molecule has 0 amide bonds. The zero-order valence-electron chi connectivity index (χ0n) is 25.6. The normalized spacial score (nSPS) is 11.8. The van der Waals surface area contributed by atoms with Crippen molar-refractivity contribution in [3.8, 4) is 40.0 Å². The smallest absolute Gasteiger partial charge is 0.164 e. The van der Waals surface area contributed by atoms with E-state index < -0.39 is 0 Å². The Kier molecular flexibility index (Phi) is 5.98. The van der Waals surface area contributed by atoms with Gasteiger partial charge in [0.2, 0.25) is 0 Å². The van der Waals surface area contributed by atoms with E-state index in [-0.39, 0.29) is 0 Å². The monoisotopic (exact) mass is 631 g/mol. The molecule has 48 heavy (non-hydrogen) atoms. The van der Waals surface area contributed by atoms with E-state index in [4.69, 9.17) is 19.9 Å². The molecule has 0 aliphatic rings. The number of aromatic nitrogens is 5. The van der Waals surface area contributed by atoms with Crippen molar-refractivity contribution in [3.05, 3.63) is 152 Å². The van der Waals surface area contributed by atoms with Gasteiger partial charge in [0.05, 0.1) is 15.7 Å². The maximum Gasteiger partial charge on any atom is 0.164 e. The van der Waals surface area contributed by atoms with Crippen molar-refractivity contribution >= 4 is 64.1 Å². The van der Waals surface area contributed by atoms with Crippen LogP contribution in [0.2, 0.25) is 0 Å². The molecule has 4 aromatic heterocycles. The number of hydrogen-bond acceptors (Lipinski definition) is 5. The summed E-state index contributed by atoms with van der Waals surface area (Å²) in [6, 6.07) is 50.6. The van der Waals surface area contributed by atoms with Gasteiger partial charge in [-0.2, -0.15) is 0 Å². The summed E-state index contributed by atoms with van der Waals surface area (Å²) in [6.07, 6.45) is 1.86. The van der Waals surface area contributed by atoms with Crippen LogP contribution < -0.4 is 0 Å². The third-order valence-corrected chi connectivity index (χ3v) is 10.3. The van der Waals surface area contributed by atoms with Crippen LogP contribution in [-0.2, 0) is 0 Å². The minimum absolute atomic E-state index is 0.600.